The van der Waals surface area contributed by atoms with Crippen LogP contribution in [-0.4, -0.2) is 68.6 Å². The molecule has 2 rings (SSSR count). The van der Waals surface area contributed by atoms with E-state index in [0.29, 0.717) is 13.2 Å². The number of nitrogens with zero attached hydrogens (tertiary/aromatic N) is 3. The Kier molecular flexibility index (Phi) is 8.77. The third-order valence-corrected chi connectivity index (χ3v) is 5.25. The number of guanidine groups is 1. The molecule has 28 heavy (non-hydrogen) atoms. The predicted octanol–water partition coefficient (Wildman–Crippen LogP) is 2.84. The highest BCUT2D eigenvalue weighted by Crippen LogP contribution is 2.21. The van der Waals surface area contributed by atoms with Gasteiger partial charge in [0.25, 0.3) is 0 Å². The molecule has 0 aliphatic carbocycles. The van der Waals surface area contributed by atoms with Gasteiger partial charge in [0, 0.05) is 19.6 Å². The number of rotatable bonds is 7. The van der Waals surface area contributed by atoms with Gasteiger partial charge in [-0.15, -0.1) is 0 Å². The van der Waals surface area contributed by atoms with E-state index >= 15 is 0 Å². The maximum atomic E-state index is 12.0. The number of carbonyl (C=O) groups excluding carboxylic acids is 1. The van der Waals surface area contributed by atoms with Crippen molar-refractivity contribution in [3.8, 4) is 0 Å². The van der Waals surface area contributed by atoms with E-state index < -0.39 is 0 Å². The average Bonchev–Trinajstić information content (AvgIpc) is 2.69. The summed E-state index contributed by atoms with van der Waals surface area (Å²) < 4.78 is 5.18. The van der Waals surface area contributed by atoms with Crippen molar-refractivity contribution in [2.45, 2.75) is 39.7 Å². The zero-order valence-electron chi connectivity index (χ0n) is 18.1. The maximum absolute atomic E-state index is 12.0. The van der Waals surface area contributed by atoms with Crippen LogP contribution in [0.3, 0.4) is 0 Å². The van der Waals surface area contributed by atoms with Crippen molar-refractivity contribution in [1.82, 2.24) is 15.1 Å². The molecule has 0 aromatic heterocycles. The van der Waals surface area contributed by atoms with Crippen LogP contribution in [0.15, 0.2) is 29.3 Å². The lowest BCUT2D eigenvalue weighted by atomic mass is 9.97. The molecule has 0 amide bonds. The molecule has 1 saturated heterocycles. The maximum Gasteiger partial charge on any atom is 0.309 e. The summed E-state index contributed by atoms with van der Waals surface area (Å²) in [5.74, 6) is 0.890. The molecule has 1 fully saturated rings. The predicted molar refractivity (Wildman–Crippen MR) is 115 cm³/mol. The van der Waals surface area contributed by atoms with Crippen LogP contribution in [0.1, 0.15) is 43.9 Å². The van der Waals surface area contributed by atoms with E-state index in [1.54, 1.807) is 0 Å². The van der Waals surface area contributed by atoms with Gasteiger partial charge in [-0.2, -0.15) is 0 Å². The van der Waals surface area contributed by atoms with Crippen LogP contribution in [0.25, 0.3) is 0 Å². The number of aliphatic imine (C=N–C) groups is 1. The topological polar surface area (TPSA) is 57.2 Å². The second-order valence-electron chi connectivity index (χ2n) is 7.60. The van der Waals surface area contributed by atoms with Crippen molar-refractivity contribution in [2.24, 2.45) is 10.9 Å². The molecule has 1 aromatic carbocycles. The lowest BCUT2D eigenvalue weighted by Gasteiger charge is -2.34. The Morgan fingerprint density at radius 3 is 2.43 bits per heavy atom. The first kappa shape index (κ1) is 22.2. The smallest absolute Gasteiger partial charge is 0.309 e. The van der Waals surface area contributed by atoms with E-state index in [2.05, 4.69) is 67.3 Å². The van der Waals surface area contributed by atoms with Crippen molar-refractivity contribution in [2.75, 3.05) is 46.9 Å². The summed E-state index contributed by atoms with van der Waals surface area (Å²) in [6.07, 6.45) is 1.64. The normalized spacial score (nSPS) is 16.9. The third kappa shape index (κ3) is 6.23. The molecule has 0 radical (unpaired) electrons. The van der Waals surface area contributed by atoms with E-state index in [0.717, 1.165) is 38.4 Å². The molecule has 0 bridgehead atoms. The number of benzene rings is 1. The Morgan fingerprint density at radius 2 is 1.89 bits per heavy atom. The second kappa shape index (κ2) is 11.1. The molecule has 1 N–H and O–H groups in total. The first-order valence-corrected chi connectivity index (χ1v) is 10.4. The first-order valence-electron chi connectivity index (χ1n) is 10.4. The molecule has 1 unspecified atom stereocenters. The molecular formula is C22H36N4O2. The summed E-state index contributed by atoms with van der Waals surface area (Å²) in [4.78, 5) is 21.4. The van der Waals surface area contributed by atoms with Crippen molar-refractivity contribution < 1.29 is 9.53 Å². The summed E-state index contributed by atoms with van der Waals surface area (Å²) in [5.41, 5.74) is 2.54. The van der Waals surface area contributed by atoms with Gasteiger partial charge in [0.05, 0.1) is 25.1 Å². The SMILES string of the molecule is CCNC(=NCC(c1ccc(C)cc1)N(C)C)N1CCC(C(=O)OCC)CC1. The summed E-state index contributed by atoms with van der Waals surface area (Å²) in [6.45, 7) is 9.68. The molecule has 1 aliphatic rings. The number of nitrogens with one attached hydrogen (secondary N) is 1. The largest absolute Gasteiger partial charge is 0.466 e. The monoisotopic (exact) mass is 388 g/mol. The van der Waals surface area contributed by atoms with E-state index in [4.69, 9.17) is 9.73 Å². The number of carbonyl (C=O) groups is 1. The van der Waals surface area contributed by atoms with E-state index in [-0.39, 0.29) is 17.9 Å². The molecule has 0 saturated carbocycles. The minimum absolute atomic E-state index is 0.0150. The van der Waals surface area contributed by atoms with Gasteiger partial charge in [-0.1, -0.05) is 29.8 Å². The Balaban J connectivity index is 2.04. The van der Waals surface area contributed by atoms with Gasteiger partial charge in [-0.3, -0.25) is 9.79 Å². The Labute approximate surface area is 170 Å². The molecule has 1 atom stereocenters. The molecule has 1 heterocycles. The molecule has 1 aromatic rings. The molecule has 6 nitrogen and oxygen atoms in total. The van der Waals surface area contributed by atoms with Crippen molar-refractivity contribution in [3.63, 3.8) is 0 Å². The zero-order chi connectivity index (χ0) is 20.5. The number of likely N-dealkylation sites (N-methyl/N-ethyl adjacent to an activating group) is 1. The van der Waals surface area contributed by atoms with Gasteiger partial charge >= 0.3 is 5.97 Å². The van der Waals surface area contributed by atoms with Crippen molar-refractivity contribution in [3.05, 3.63) is 35.4 Å². The number of aryl methyl sites for hydroxylation is 1. The van der Waals surface area contributed by atoms with Crippen LogP contribution in [0, 0.1) is 12.8 Å². The molecular weight excluding hydrogens is 352 g/mol. The highest BCUT2D eigenvalue weighted by molar-refractivity contribution is 5.80. The summed E-state index contributed by atoms with van der Waals surface area (Å²) in [6, 6.07) is 8.91. The number of ether oxygens (including phenoxy) is 1. The highest BCUT2D eigenvalue weighted by Gasteiger charge is 2.27. The number of likely N-dealkylation sites (tertiary alicyclic amines) is 1. The standard InChI is InChI=1S/C22H36N4O2/c1-6-23-22(26-14-12-19(13-15-26)21(27)28-7-2)24-16-20(25(4)5)18-10-8-17(3)9-11-18/h8-11,19-20H,6-7,12-16H2,1-5H3,(H,23,24). The fraction of sp³-hybridized carbons (Fsp3) is 0.636. The van der Waals surface area contributed by atoms with Gasteiger partial charge in [0.2, 0.25) is 0 Å². The quantitative estimate of drug-likeness (QED) is 0.442. The van der Waals surface area contributed by atoms with E-state index in [1.807, 2.05) is 6.92 Å². The Morgan fingerprint density at radius 1 is 1.25 bits per heavy atom. The van der Waals surface area contributed by atoms with Crippen LogP contribution in [0.2, 0.25) is 0 Å². The molecule has 0 spiro atoms. The van der Waals surface area contributed by atoms with E-state index in [1.165, 1.54) is 11.1 Å². The van der Waals surface area contributed by atoms with Gasteiger partial charge in [-0.25, -0.2) is 0 Å². The number of hydrogen-bond acceptors (Lipinski definition) is 4. The van der Waals surface area contributed by atoms with Gasteiger partial charge in [-0.05, 0) is 53.3 Å². The highest BCUT2D eigenvalue weighted by atomic mass is 16.5. The lowest BCUT2D eigenvalue weighted by molar-refractivity contribution is -0.149. The number of esters is 1. The van der Waals surface area contributed by atoms with Crippen LogP contribution in [-0.2, 0) is 9.53 Å². The summed E-state index contributed by atoms with van der Waals surface area (Å²) in [5, 5.41) is 3.42. The van der Waals surface area contributed by atoms with Gasteiger partial charge < -0.3 is 19.9 Å². The van der Waals surface area contributed by atoms with Gasteiger partial charge in [0.1, 0.15) is 0 Å². The zero-order valence-corrected chi connectivity index (χ0v) is 18.1. The first-order chi connectivity index (χ1) is 13.5. The molecule has 156 valence electrons. The van der Waals surface area contributed by atoms with Crippen LogP contribution in [0.4, 0.5) is 0 Å². The summed E-state index contributed by atoms with van der Waals surface area (Å²) in [7, 11) is 4.19. The fourth-order valence-corrected chi connectivity index (χ4v) is 3.54. The fourth-order valence-electron chi connectivity index (χ4n) is 3.54. The van der Waals surface area contributed by atoms with Crippen LogP contribution < -0.4 is 5.32 Å². The minimum atomic E-state index is -0.0591. The van der Waals surface area contributed by atoms with Crippen molar-refractivity contribution >= 4 is 11.9 Å². The van der Waals surface area contributed by atoms with E-state index in [9.17, 15) is 4.79 Å². The summed E-state index contributed by atoms with van der Waals surface area (Å²) >= 11 is 0. The third-order valence-electron chi connectivity index (χ3n) is 5.25. The average molecular weight is 389 g/mol. The molecule has 6 heteroatoms. The number of piperidine rings is 1. The van der Waals surface area contributed by atoms with Crippen molar-refractivity contribution in [1.29, 1.82) is 0 Å². The minimum Gasteiger partial charge on any atom is -0.466 e. The number of hydrogen-bond donors (Lipinski definition) is 1. The van der Waals surface area contributed by atoms with Crippen LogP contribution >= 0.6 is 0 Å². The lowest BCUT2D eigenvalue weighted by Crippen LogP contribution is -2.47. The van der Waals surface area contributed by atoms with Crippen LogP contribution in [0.5, 0.6) is 0 Å². The Bertz CT molecular complexity index is 634. The Hall–Kier alpha value is -2.08. The molecule has 1 aliphatic heterocycles. The second-order valence-corrected chi connectivity index (χ2v) is 7.60. The van der Waals surface area contributed by atoms with Gasteiger partial charge in [0.15, 0.2) is 5.96 Å².